The van der Waals surface area contributed by atoms with E-state index in [0.29, 0.717) is 0 Å². The maximum Gasteiger partial charge on any atom is 0.0931 e. The minimum Gasteiger partial charge on any atom is -0.345 e. The molecule has 0 aliphatic heterocycles. The summed E-state index contributed by atoms with van der Waals surface area (Å²) >= 11 is 0. The number of fused-ring (bicyclic) bond motifs is 1. The topological polar surface area (TPSA) is 33.6 Å². The van der Waals surface area contributed by atoms with Crippen molar-refractivity contribution in [2.45, 2.75) is 6.92 Å². The Bertz CT molecular complexity index is 604. The van der Waals surface area contributed by atoms with E-state index in [1.807, 2.05) is 18.3 Å². The number of aryl methyl sites for hydroxylation is 1. The van der Waals surface area contributed by atoms with E-state index >= 15 is 0 Å². The van der Waals surface area contributed by atoms with Gasteiger partial charge in [0.1, 0.15) is 0 Å². The first-order valence-corrected chi connectivity index (χ1v) is 4.83. The van der Waals surface area contributed by atoms with Gasteiger partial charge in [-0.15, -0.1) is 0 Å². The van der Waals surface area contributed by atoms with Crippen LogP contribution in [0.5, 0.6) is 0 Å². The van der Waals surface area contributed by atoms with Crippen molar-refractivity contribution in [3.05, 3.63) is 48.5 Å². The molecule has 0 atom stereocenters. The van der Waals surface area contributed by atoms with Crippen LogP contribution in [0.4, 0.5) is 0 Å². The van der Waals surface area contributed by atoms with Crippen LogP contribution in [0.2, 0.25) is 0 Å². The second-order valence-corrected chi connectivity index (χ2v) is 3.56. The van der Waals surface area contributed by atoms with E-state index in [0.717, 1.165) is 16.7 Å². The van der Waals surface area contributed by atoms with Gasteiger partial charge in [0, 0.05) is 23.6 Å². The second kappa shape index (κ2) is 2.98. The van der Waals surface area contributed by atoms with Gasteiger partial charge in [-0.1, -0.05) is 0 Å². The first-order chi connectivity index (χ1) is 7.34. The number of aromatic amines is 1. The number of benzene rings is 1. The van der Waals surface area contributed by atoms with Crippen molar-refractivity contribution in [2.75, 3.05) is 0 Å². The third-order valence-electron chi connectivity index (χ3n) is 2.56. The van der Waals surface area contributed by atoms with Gasteiger partial charge in [-0.25, -0.2) is 4.98 Å². The van der Waals surface area contributed by atoms with Gasteiger partial charge in [-0.05, 0) is 31.2 Å². The molecule has 1 radical (unpaired) electrons. The highest BCUT2D eigenvalue weighted by Gasteiger charge is 2.01. The summed E-state index contributed by atoms with van der Waals surface area (Å²) < 4.78 is 2.09. The van der Waals surface area contributed by atoms with Gasteiger partial charge < -0.3 is 9.55 Å². The van der Waals surface area contributed by atoms with Crippen molar-refractivity contribution >= 4 is 11.0 Å². The number of aromatic nitrogens is 3. The average Bonchev–Trinajstić information content (AvgIpc) is 2.84. The smallest absolute Gasteiger partial charge is 0.0931 e. The molecule has 3 aromatic rings. The number of hydrogen-bond donors (Lipinski definition) is 1. The van der Waals surface area contributed by atoms with E-state index in [4.69, 9.17) is 0 Å². The van der Waals surface area contributed by atoms with Crippen LogP contribution in [0.25, 0.3) is 16.7 Å². The molecule has 1 aromatic carbocycles. The minimum absolute atomic E-state index is 0.987. The van der Waals surface area contributed by atoms with Crippen LogP contribution in [0, 0.1) is 13.0 Å². The number of imidazole rings is 1. The summed E-state index contributed by atoms with van der Waals surface area (Å²) in [5.74, 6) is 0. The zero-order valence-corrected chi connectivity index (χ0v) is 8.36. The fraction of sp³-hybridized carbons (Fsp3) is 0.0833. The van der Waals surface area contributed by atoms with Crippen LogP contribution >= 0.6 is 0 Å². The highest BCUT2D eigenvalue weighted by Crippen LogP contribution is 2.16. The fourth-order valence-corrected chi connectivity index (χ4v) is 1.75. The minimum atomic E-state index is 0.987. The zero-order valence-electron chi connectivity index (χ0n) is 8.36. The van der Waals surface area contributed by atoms with Gasteiger partial charge in [0.05, 0.1) is 17.4 Å². The number of nitrogens with one attached hydrogen (secondary N) is 1. The zero-order chi connectivity index (χ0) is 10.3. The van der Waals surface area contributed by atoms with Gasteiger partial charge in [-0.3, -0.25) is 0 Å². The summed E-state index contributed by atoms with van der Waals surface area (Å²) in [4.78, 5) is 7.32. The molecule has 0 bridgehead atoms. The number of hydrogen-bond acceptors (Lipinski definition) is 1. The molecule has 0 unspecified atom stereocenters. The van der Waals surface area contributed by atoms with E-state index in [2.05, 4.69) is 39.7 Å². The highest BCUT2D eigenvalue weighted by molar-refractivity contribution is 5.76. The van der Waals surface area contributed by atoms with Crippen LogP contribution in [0.15, 0.2) is 36.8 Å². The van der Waals surface area contributed by atoms with Gasteiger partial charge in [0.2, 0.25) is 0 Å². The van der Waals surface area contributed by atoms with Gasteiger partial charge in [0.15, 0.2) is 0 Å². The molecule has 0 fully saturated rings. The van der Waals surface area contributed by atoms with E-state index < -0.39 is 0 Å². The van der Waals surface area contributed by atoms with Crippen LogP contribution < -0.4 is 0 Å². The molecule has 0 saturated carbocycles. The Hall–Kier alpha value is -2.03. The molecule has 0 aliphatic rings. The molecule has 3 rings (SSSR count). The lowest BCUT2D eigenvalue weighted by atomic mass is 10.2. The van der Waals surface area contributed by atoms with Gasteiger partial charge in [-0.2, -0.15) is 0 Å². The first kappa shape index (κ1) is 8.29. The van der Waals surface area contributed by atoms with Crippen LogP contribution in [0.3, 0.4) is 0 Å². The fourth-order valence-electron chi connectivity index (χ4n) is 1.75. The molecule has 2 heterocycles. The molecule has 2 aromatic heterocycles. The molecule has 73 valence electrons. The lowest BCUT2D eigenvalue weighted by Gasteiger charge is -2.05. The van der Waals surface area contributed by atoms with Crippen molar-refractivity contribution in [3.63, 3.8) is 0 Å². The largest absolute Gasteiger partial charge is 0.345 e. The Morgan fingerprint density at radius 2 is 2.33 bits per heavy atom. The predicted molar refractivity (Wildman–Crippen MR) is 59.0 cm³/mol. The highest BCUT2D eigenvalue weighted by atomic mass is 15.0. The standard InChI is InChI=1S/C12H10N3/c1-9-3-2-6-15(9)10-4-5-11-12(7-10)14-8-13-11/h3-8H,1H3,(H,13,14). The quantitative estimate of drug-likeness (QED) is 0.637. The lowest BCUT2D eigenvalue weighted by Crippen LogP contribution is -1.93. The number of H-pyrrole nitrogens is 1. The average molecular weight is 196 g/mol. The molecule has 0 spiro atoms. The van der Waals surface area contributed by atoms with Gasteiger partial charge >= 0.3 is 0 Å². The Morgan fingerprint density at radius 1 is 1.40 bits per heavy atom. The Labute approximate surface area is 87.4 Å². The third-order valence-corrected chi connectivity index (χ3v) is 2.56. The third kappa shape index (κ3) is 1.24. The van der Waals surface area contributed by atoms with Crippen molar-refractivity contribution in [1.29, 1.82) is 0 Å². The summed E-state index contributed by atoms with van der Waals surface area (Å²) in [5, 5.41) is 0. The monoisotopic (exact) mass is 196 g/mol. The predicted octanol–water partition coefficient (Wildman–Crippen LogP) is 2.46. The Balaban J connectivity index is 2.23. The van der Waals surface area contributed by atoms with Crippen molar-refractivity contribution in [2.24, 2.45) is 0 Å². The molecule has 3 nitrogen and oxygen atoms in total. The van der Waals surface area contributed by atoms with Crippen molar-refractivity contribution < 1.29 is 0 Å². The molecule has 0 amide bonds. The normalized spacial score (nSPS) is 11.0. The molecule has 15 heavy (non-hydrogen) atoms. The first-order valence-electron chi connectivity index (χ1n) is 4.83. The van der Waals surface area contributed by atoms with E-state index in [9.17, 15) is 0 Å². The van der Waals surface area contributed by atoms with Gasteiger partial charge in [0.25, 0.3) is 0 Å². The summed E-state index contributed by atoms with van der Waals surface area (Å²) in [6.45, 7) is 2.06. The second-order valence-electron chi connectivity index (χ2n) is 3.56. The number of rotatable bonds is 1. The van der Waals surface area contributed by atoms with Crippen LogP contribution in [-0.2, 0) is 0 Å². The summed E-state index contributed by atoms with van der Waals surface area (Å²) in [6.07, 6.45) is 3.65. The van der Waals surface area contributed by atoms with E-state index in [1.165, 1.54) is 5.69 Å². The lowest BCUT2D eigenvalue weighted by molar-refractivity contribution is 1.02. The SMILES string of the molecule is Cc1c[c]cn1-c1ccc2[nH]cnc2c1. The molecular weight excluding hydrogens is 186 g/mol. The number of nitrogens with zero attached hydrogens (tertiary/aromatic N) is 2. The summed E-state index contributed by atoms with van der Waals surface area (Å²) in [7, 11) is 0. The Morgan fingerprint density at radius 3 is 3.13 bits per heavy atom. The van der Waals surface area contributed by atoms with Crippen LogP contribution in [-0.4, -0.2) is 14.5 Å². The molecule has 0 saturated heterocycles. The molecular formula is C12H10N3. The maximum atomic E-state index is 4.24. The van der Waals surface area contributed by atoms with Crippen molar-refractivity contribution in [3.8, 4) is 5.69 Å². The maximum absolute atomic E-state index is 4.24. The van der Waals surface area contributed by atoms with E-state index in [-0.39, 0.29) is 0 Å². The summed E-state index contributed by atoms with van der Waals surface area (Å²) in [6, 6.07) is 11.2. The Kier molecular flexibility index (Phi) is 1.65. The van der Waals surface area contributed by atoms with Crippen LogP contribution in [0.1, 0.15) is 5.69 Å². The van der Waals surface area contributed by atoms with E-state index in [1.54, 1.807) is 6.33 Å². The van der Waals surface area contributed by atoms with Crippen molar-refractivity contribution in [1.82, 2.24) is 14.5 Å². The molecule has 1 N–H and O–H groups in total. The molecule has 3 heteroatoms. The summed E-state index contributed by atoms with van der Waals surface area (Å²) in [5.41, 5.74) is 4.34. The molecule has 0 aliphatic carbocycles.